The molecule has 2 rings (SSSR count). The Balaban J connectivity index is 2.11. The second kappa shape index (κ2) is 6.23. The van der Waals surface area contributed by atoms with Crippen molar-refractivity contribution in [2.24, 2.45) is 0 Å². The molecule has 2 unspecified atom stereocenters. The Morgan fingerprint density at radius 3 is 2.84 bits per heavy atom. The van der Waals surface area contributed by atoms with Gasteiger partial charge < -0.3 is 25.6 Å². The highest BCUT2D eigenvalue weighted by atomic mass is 16.5. The number of nitrogen functional groups attached to an aromatic ring is 1. The summed E-state index contributed by atoms with van der Waals surface area (Å²) < 4.78 is 5.56. The molecule has 4 N–H and O–H groups in total. The predicted octanol–water partition coefficient (Wildman–Crippen LogP) is 0.526. The largest absolute Gasteiger partial charge is 0.399 e. The maximum absolute atomic E-state index is 9.49. The number of nitrogens with zero attached hydrogens (tertiary/aromatic N) is 1. The van der Waals surface area contributed by atoms with Gasteiger partial charge in [-0.2, -0.15) is 0 Å². The van der Waals surface area contributed by atoms with Crippen LogP contribution in [0.15, 0.2) is 18.2 Å². The maximum Gasteiger partial charge on any atom is 0.0771 e. The van der Waals surface area contributed by atoms with E-state index in [0.29, 0.717) is 6.61 Å². The molecule has 1 heterocycles. The van der Waals surface area contributed by atoms with Gasteiger partial charge in [-0.1, -0.05) is 0 Å². The molecule has 0 aromatic heterocycles. The van der Waals surface area contributed by atoms with E-state index in [-0.39, 0.29) is 25.4 Å². The maximum atomic E-state index is 9.49. The fourth-order valence-electron chi connectivity index (χ4n) is 2.54. The van der Waals surface area contributed by atoms with Crippen molar-refractivity contribution in [1.82, 2.24) is 0 Å². The Labute approximate surface area is 113 Å². The molecule has 1 aliphatic rings. The van der Waals surface area contributed by atoms with Crippen molar-refractivity contribution in [1.29, 1.82) is 0 Å². The van der Waals surface area contributed by atoms with Gasteiger partial charge in [-0.3, -0.25) is 0 Å². The van der Waals surface area contributed by atoms with Crippen LogP contribution >= 0.6 is 0 Å². The summed E-state index contributed by atoms with van der Waals surface area (Å²) in [5.74, 6) is 0. The minimum absolute atomic E-state index is 0.0290. The van der Waals surface area contributed by atoms with E-state index in [9.17, 15) is 5.11 Å². The first-order valence-electron chi connectivity index (χ1n) is 6.61. The summed E-state index contributed by atoms with van der Waals surface area (Å²) in [6.45, 7) is 3.18. The standard InChI is InChI=1S/C14H22N2O3/c1-10-6-11(2-3-14(10)15)16-8-13(19-5-4-17)7-12(16)9-18/h2-3,6,12-13,17-18H,4-5,7-9,15H2,1H3. The van der Waals surface area contributed by atoms with E-state index >= 15 is 0 Å². The quantitative estimate of drug-likeness (QED) is 0.677. The normalized spacial score (nSPS) is 23.0. The van der Waals surface area contributed by atoms with Crippen LogP contribution in [0.25, 0.3) is 0 Å². The Kier molecular flexibility index (Phi) is 4.63. The van der Waals surface area contributed by atoms with Crippen molar-refractivity contribution in [3.05, 3.63) is 23.8 Å². The summed E-state index contributed by atoms with van der Waals surface area (Å²) in [6.07, 6.45) is 0.835. The van der Waals surface area contributed by atoms with E-state index in [0.717, 1.165) is 29.9 Å². The van der Waals surface area contributed by atoms with Gasteiger partial charge in [-0.15, -0.1) is 0 Å². The number of benzene rings is 1. The Morgan fingerprint density at radius 2 is 2.21 bits per heavy atom. The van der Waals surface area contributed by atoms with E-state index in [1.54, 1.807) is 0 Å². The van der Waals surface area contributed by atoms with Crippen LogP contribution in [0.4, 0.5) is 11.4 Å². The molecule has 0 radical (unpaired) electrons. The van der Waals surface area contributed by atoms with Crippen molar-refractivity contribution in [2.45, 2.75) is 25.5 Å². The summed E-state index contributed by atoms with van der Waals surface area (Å²) in [7, 11) is 0. The number of nitrogens with two attached hydrogens (primary N) is 1. The van der Waals surface area contributed by atoms with Gasteiger partial charge in [0.1, 0.15) is 0 Å². The van der Waals surface area contributed by atoms with Gasteiger partial charge in [0.05, 0.1) is 32.0 Å². The zero-order valence-corrected chi connectivity index (χ0v) is 11.2. The summed E-state index contributed by atoms with van der Waals surface area (Å²) in [4.78, 5) is 2.15. The molecule has 19 heavy (non-hydrogen) atoms. The third kappa shape index (κ3) is 3.18. The summed E-state index contributed by atoms with van der Waals surface area (Å²) >= 11 is 0. The van der Waals surface area contributed by atoms with Gasteiger partial charge in [-0.25, -0.2) is 0 Å². The second-order valence-electron chi connectivity index (χ2n) is 4.98. The minimum Gasteiger partial charge on any atom is -0.399 e. The van der Waals surface area contributed by atoms with E-state index in [1.165, 1.54) is 0 Å². The molecule has 2 atom stereocenters. The number of aliphatic hydroxyl groups is 2. The van der Waals surface area contributed by atoms with Gasteiger partial charge in [0.2, 0.25) is 0 Å². The van der Waals surface area contributed by atoms with Crippen LogP contribution in [0.1, 0.15) is 12.0 Å². The monoisotopic (exact) mass is 266 g/mol. The highest BCUT2D eigenvalue weighted by Crippen LogP contribution is 2.29. The summed E-state index contributed by atoms with van der Waals surface area (Å²) in [6, 6.07) is 5.96. The minimum atomic E-state index is 0.0290. The number of hydrogen-bond acceptors (Lipinski definition) is 5. The number of hydrogen-bond donors (Lipinski definition) is 3. The lowest BCUT2D eigenvalue weighted by molar-refractivity contribution is 0.0382. The molecule has 1 aliphatic heterocycles. The fraction of sp³-hybridized carbons (Fsp3) is 0.571. The topological polar surface area (TPSA) is 79.0 Å². The van der Waals surface area contributed by atoms with Crippen molar-refractivity contribution in [2.75, 3.05) is 37.0 Å². The zero-order valence-electron chi connectivity index (χ0n) is 11.2. The highest BCUT2D eigenvalue weighted by molar-refractivity contribution is 5.59. The van der Waals surface area contributed by atoms with Crippen LogP contribution in [-0.4, -0.2) is 48.7 Å². The molecule has 0 amide bonds. The van der Waals surface area contributed by atoms with Crippen molar-refractivity contribution >= 4 is 11.4 Å². The second-order valence-corrected chi connectivity index (χ2v) is 4.98. The van der Waals surface area contributed by atoms with Crippen molar-refractivity contribution < 1.29 is 14.9 Å². The third-order valence-electron chi connectivity index (χ3n) is 3.62. The molecule has 1 aromatic carbocycles. The molecule has 0 aliphatic carbocycles. The lowest BCUT2D eigenvalue weighted by atomic mass is 10.1. The Morgan fingerprint density at radius 1 is 1.42 bits per heavy atom. The molecule has 1 aromatic rings. The van der Waals surface area contributed by atoms with Crippen LogP contribution < -0.4 is 10.6 Å². The lowest BCUT2D eigenvalue weighted by Crippen LogP contribution is -2.32. The SMILES string of the molecule is Cc1cc(N2CC(OCCO)CC2CO)ccc1N. The number of rotatable bonds is 5. The zero-order chi connectivity index (χ0) is 13.8. The number of aliphatic hydroxyl groups excluding tert-OH is 2. The number of anilines is 2. The van der Waals surface area contributed by atoms with E-state index in [1.807, 2.05) is 25.1 Å². The fourth-order valence-corrected chi connectivity index (χ4v) is 2.54. The van der Waals surface area contributed by atoms with Crippen LogP contribution in [0.3, 0.4) is 0 Å². The average Bonchev–Trinajstić information content (AvgIpc) is 2.83. The Bertz CT molecular complexity index is 425. The molecule has 1 saturated heterocycles. The van der Waals surface area contributed by atoms with Gasteiger partial charge in [0.25, 0.3) is 0 Å². The van der Waals surface area contributed by atoms with Gasteiger partial charge >= 0.3 is 0 Å². The number of ether oxygens (including phenoxy) is 1. The van der Waals surface area contributed by atoms with Crippen molar-refractivity contribution in [3.8, 4) is 0 Å². The first-order chi connectivity index (χ1) is 9.15. The molecule has 0 saturated carbocycles. The van der Waals surface area contributed by atoms with Gasteiger partial charge in [0, 0.05) is 17.9 Å². The van der Waals surface area contributed by atoms with Crippen molar-refractivity contribution in [3.63, 3.8) is 0 Å². The molecule has 5 heteroatoms. The average molecular weight is 266 g/mol. The van der Waals surface area contributed by atoms with Crippen LogP contribution in [0.2, 0.25) is 0 Å². The molecule has 0 spiro atoms. The smallest absolute Gasteiger partial charge is 0.0771 e. The third-order valence-corrected chi connectivity index (χ3v) is 3.62. The van der Waals surface area contributed by atoms with E-state index in [2.05, 4.69) is 4.90 Å². The molecule has 0 bridgehead atoms. The molecule has 1 fully saturated rings. The first kappa shape index (κ1) is 14.1. The molecular formula is C14H22N2O3. The Hall–Kier alpha value is -1.30. The molecule has 5 nitrogen and oxygen atoms in total. The number of aryl methyl sites for hydroxylation is 1. The van der Waals surface area contributed by atoms with Gasteiger partial charge in [-0.05, 0) is 37.1 Å². The predicted molar refractivity (Wildman–Crippen MR) is 75.3 cm³/mol. The van der Waals surface area contributed by atoms with E-state index < -0.39 is 0 Å². The lowest BCUT2D eigenvalue weighted by Gasteiger charge is -2.25. The summed E-state index contributed by atoms with van der Waals surface area (Å²) in [5, 5.41) is 18.3. The van der Waals surface area contributed by atoms with E-state index in [4.69, 9.17) is 15.6 Å². The van der Waals surface area contributed by atoms with Crippen LogP contribution in [0.5, 0.6) is 0 Å². The molecule has 106 valence electrons. The highest BCUT2D eigenvalue weighted by Gasteiger charge is 2.32. The first-order valence-corrected chi connectivity index (χ1v) is 6.61. The molecular weight excluding hydrogens is 244 g/mol. The van der Waals surface area contributed by atoms with Crippen LogP contribution in [0, 0.1) is 6.92 Å². The van der Waals surface area contributed by atoms with Gasteiger partial charge in [0.15, 0.2) is 0 Å². The van der Waals surface area contributed by atoms with Crippen LogP contribution in [-0.2, 0) is 4.74 Å². The summed E-state index contributed by atoms with van der Waals surface area (Å²) in [5.41, 5.74) is 8.69.